The van der Waals surface area contributed by atoms with Crippen molar-refractivity contribution in [2.45, 2.75) is 13.5 Å². The number of nitrogens with zero attached hydrogens (tertiary/aromatic N) is 2. The molecule has 86 valence electrons. The number of benzene rings is 1. The van der Waals surface area contributed by atoms with Crippen LogP contribution in [0.2, 0.25) is 0 Å². The van der Waals surface area contributed by atoms with E-state index in [-0.39, 0.29) is 0 Å². The van der Waals surface area contributed by atoms with E-state index in [1.807, 2.05) is 19.1 Å². The van der Waals surface area contributed by atoms with E-state index in [0.29, 0.717) is 12.1 Å². The third-order valence-corrected chi connectivity index (χ3v) is 3.00. The van der Waals surface area contributed by atoms with Gasteiger partial charge >= 0.3 is 0 Å². The zero-order valence-corrected chi connectivity index (χ0v) is 10.9. The van der Waals surface area contributed by atoms with Crippen molar-refractivity contribution in [3.8, 4) is 6.07 Å². The SMILES string of the molecule is Cc1[nH]ncc1CNc1ccc(Br)cc1C#N. The summed E-state index contributed by atoms with van der Waals surface area (Å²) >= 11 is 3.34. The summed E-state index contributed by atoms with van der Waals surface area (Å²) in [6.45, 7) is 2.62. The largest absolute Gasteiger partial charge is 0.380 e. The van der Waals surface area contributed by atoms with Crippen molar-refractivity contribution in [2.75, 3.05) is 5.32 Å². The number of nitriles is 1. The van der Waals surface area contributed by atoms with Crippen molar-refractivity contribution in [2.24, 2.45) is 0 Å². The molecule has 0 aliphatic heterocycles. The predicted octanol–water partition coefficient (Wildman–Crippen LogP) is 2.96. The van der Waals surface area contributed by atoms with Crippen LogP contribution in [0.3, 0.4) is 0 Å². The van der Waals surface area contributed by atoms with Crippen molar-refractivity contribution in [1.82, 2.24) is 10.2 Å². The second-order valence-electron chi connectivity index (χ2n) is 3.68. The van der Waals surface area contributed by atoms with E-state index in [4.69, 9.17) is 5.26 Å². The lowest BCUT2D eigenvalue weighted by Gasteiger charge is -2.07. The van der Waals surface area contributed by atoms with Crippen LogP contribution in [-0.2, 0) is 6.54 Å². The van der Waals surface area contributed by atoms with Gasteiger partial charge in [0.2, 0.25) is 0 Å². The van der Waals surface area contributed by atoms with Gasteiger partial charge in [-0.25, -0.2) is 0 Å². The van der Waals surface area contributed by atoms with Crippen LogP contribution in [0.25, 0.3) is 0 Å². The van der Waals surface area contributed by atoms with Crippen LogP contribution in [0.5, 0.6) is 0 Å². The molecule has 1 heterocycles. The van der Waals surface area contributed by atoms with Crippen molar-refractivity contribution in [3.63, 3.8) is 0 Å². The minimum Gasteiger partial charge on any atom is -0.380 e. The van der Waals surface area contributed by atoms with Crippen molar-refractivity contribution in [3.05, 3.63) is 45.7 Å². The molecular formula is C12H11BrN4. The first-order chi connectivity index (χ1) is 8.20. The number of nitrogens with one attached hydrogen (secondary N) is 2. The molecule has 1 aromatic heterocycles. The molecule has 0 atom stereocenters. The Bertz CT molecular complexity index is 568. The number of rotatable bonds is 3. The highest BCUT2D eigenvalue weighted by molar-refractivity contribution is 9.10. The Labute approximate surface area is 108 Å². The normalized spacial score (nSPS) is 9.94. The first kappa shape index (κ1) is 11.7. The molecular weight excluding hydrogens is 280 g/mol. The Balaban J connectivity index is 2.15. The second kappa shape index (κ2) is 5.02. The van der Waals surface area contributed by atoms with Gasteiger partial charge in [-0.3, -0.25) is 5.10 Å². The van der Waals surface area contributed by atoms with Crippen LogP contribution in [-0.4, -0.2) is 10.2 Å². The topological polar surface area (TPSA) is 64.5 Å². The van der Waals surface area contributed by atoms with E-state index in [1.165, 1.54) is 0 Å². The van der Waals surface area contributed by atoms with E-state index in [0.717, 1.165) is 21.4 Å². The Morgan fingerprint density at radius 1 is 1.53 bits per heavy atom. The zero-order valence-electron chi connectivity index (χ0n) is 9.29. The van der Waals surface area contributed by atoms with Gasteiger partial charge < -0.3 is 5.32 Å². The van der Waals surface area contributed by atoms with Gasteiger partial charge in [-0.15, -0.1) is 0 Å². The monoisotopic (exact) mass is 290 g/mol. The van der Waals surface area contributed by atoms with E-state index in [1.54, 1.807) is 12.3 Å². The third kappa shape index (κ3) is 2.66. The standard InChI is InChI=1S/C12H11BrN4/c1-8-10(7-16-17-8)6-15-12-3-2-11(13)4-9(12)5-14/h2-4,7,15H,6H2,1H3,(H,16,17). The molecule has 0 fully saturated rings. The number of halogens is 1. The van der Waals surface area contributed by atoms with Gasteiger partial charge in [0.1, 0.15) is 6.07 Å². The van der Waals surface area contributed by atoms with Gasteiger partial charge in [0.25, 0.3) is 0 Å². The number of hydrogen-bond acceptors (Lipinski definition) is 3. The number of aryl methyl sites for hydroxylation is 1. The molecule has 0 bridgehead atoms. The van der Waals surface area contributed by atoms with Crippen molar-refractivity contribution >= 4 is 21.6 Å². The smallest absolute Gasteiger partial charge is 0.101 e. The molecule has 0 aliphatic carbocycles. The molecule has 2 aromatic rings. The molecule has 0 aliphatic rings. The quantitative estimate of drug-likeness (QED) is 0.913. The summed E-state index contributed by atoms with van der Waals surface area (Å²) in [7, 11) is 0. The molecule has 17 heavy (non-hydrogen) atoms. The molecule has 2 N–H and O–H groups in total. The van der Waals surface area contributed by atoms with Gasteiger partial charge in [0.15, 0.2) is 0 Å². The fourth-order valence-electron chi connectivity index (χ4n) is 1.51. The van der Waals surface area contributed by atoms with Crippen LogP contribution < -0.4 is 5.32 Å². The second-order valence-corrected chi connectivity index (χ2v) is 4.59. The van der Waals surface area contributed by atoms with Crippen molar-refractivity contribution in [1.29, 1.82) is 5.26 Å². The maximum Gasteiger partial charge on any atom is 0.101 e. The Morgan fingerprint density at radius 3 is 3.00 bits per heavy atom. The predicted molar refractivity (Wildman–Crippen MR) is 69.5 cm³/mol. The van der Waals surface area contributed by atoms with Gasteiger partial charge in [-0.1, -0.05) is 15.9 Å². The molecule has 0 radical (unpaired) electrons. The lowest BCUT2D eigenvalue weighted by molar-refractivity contribution is 1.04. The number of aromatic nitrogens is 2. The Kier molecular flexibility index (Phi) is 3.45. The summed E-state index contributed by atoms with van der Waals surface area (Å²) in [5, 5.41) is 19.1. The van der Waals surface area contributed by atoms with E-state index >= 15 is 0 Å². The molecule has 4 nitrogen and oxygen atoms in total. The fraction of sp³-hybridized carbons (Fsp3) is 0.167. The number of hydrogen-bond donors (Lipinski definition) is 2. The van der Waals surface area contributed by atoms with Crippen LogP contribution in [0, 0.1) is 18.3 Å². The minimum atomic E-state index is 0.625. The third-order valence-electron chi connectivity index (χ3n) is 2.51. The van der Waals surface area contributed by atoms with Gasteiger partial charge in [0.05, 0.1) is 17.4 Å². The van der Waals surface area contributed by atoms with Crippen LogP contribution in [0.15, 0.2) is 28.9 Å². The zero-order chi connectivity index (χ0) is 12.3. The Hall–Kier alpha value is -1.80. The van der Waals surface area contributed by atoms with Gasteiger partial charge in [-0.2, -0.15) is 10.4 Å². The fourth-order valence-corrected chi connectivity index (χ4v) is 1.87. The van der Waals surface area contributed by atoms with Gasteiger partial charge in [-0.05, 0) is 25.1 Å². The van der Waals surface area contributed by atoms with E-state index < -0.39 is 0 Å². The number of aromatic amines is 1. The maximum atomic E-state index is 9.03. The highest BCUT2D eigenvalue weighted by atomic mass is 79.9. The molecule has 0 amide bonds. The van der Waals surface area contributed by atoms with Crippen LogP contribution in [0.1, 0.15) is 16.8 Å². The summed E-state index contributed by atoms with van der Waals surface area (Å²) in [6, 6.07) is 7.76. The lowest BCUT2D eigenvalue weighted by atomic mass is 10.2. The Morgan fingerprint density at radius 2 is 2.35 bits per heavy atom. The molecule has 2 rings (SSSR count). The van der Waals surface area contributed by atoms with Gasteiger partial charge in [0, 0.05) is 22.3 Å². The molecule has 5 heteroatoms. The van der Waals surface area contributed by atoms with Crippen molar-refractivity contribution < 1.29 is 0 Å². The first-order valence-electron chi connectivity index (χ1n) is 5.13. The average molecular weight is 291 g/mol. The van der Waals surface area contributed by atoms with Crippen LogP contribution >= 0.6 is 15.9 Å². The van der Waals surface area contributed by atoms with E-state index in [9.17, 15) is 0 Å². The maximum absolute atomic E-state index is 9.03. The molecule has 0 unspecified atom stereocenters. The molecule has 1 aromatic carbocycles. The highest BCUT2D eigenvalue weighted by Gasteiger charge is 2.04. The first-order valence-corrected chi connectivity index (χ1v) is 5.92. The molecule has 0 saturated heterocycles. The summed E-state index contributed by atoms with van der Waals surface area (Å²) in [4.78, 5) is 0. The highest BCUT2D eigenvalue weighted by Crippen LogP contribution is 2.21. The minimum absolute atomic E-state index is 0.625. The summed E-state index contributed by atoms with van der Waals surface area (Å²) < 4.78 is 0.902. The lowest BCUT2D eigenvalue weighted by Crippen LogP contribution is -2.01. The summed E-state index contributed by atoms with van der Waals surface area (Å²) in [5.74, 6) is 0. The van der Waals surface area contributed by atoms with E-state index in [2.05, 4.69) is 37.5 Å². The molecule has 0 spiro atoms. The number of anilines is 1. The average Bonchev–Trinajstić information content (AvgIpc) is 2.73. The number of H-pyrrole nitrogens is 1. The summed E-state index contributed by atoms with van der Waals surface area (Å²) in [6.07, 6.45) is 1.78. The van der Waals surface area contributed by atoms with Crippen LogP contribution in [0.4, 0.5) is 5.69 Å². The summed E-state index contributed by atoms with van der Waals surface area (Å²) in [5.41, 5.74) is 3.58. The molecule has 0 saturated carbocycles.